The van der Waals surface area contributed by atoms with Gasteiger partial charge in [0.15, 0.2) is 6.54 Å². The molecule has 2 aromatic carbocycles. The second-order valence-corrected chi connectivity index (χ2v) is 9.52. The highest BCUT2D eigenvalue weighted by Crippen LogP contribution is 2.23. The molecule has 0 aliphatic carbocycles. The van der Waals surface area contributed by atoms with Gasteiger partial charge in [0.25, 0.3) is 5.91 Å². The van der Waals surface area contributed by atoms with Gasteiger partial charge in [-0.05, 0) is 32.9 Å². The summed E-state index contributed by atoms with van der Waals surface area (Å²) in [6, 6.07) is 20.4. The number of quaternary nitrogens is 2. The Hall–Kier alpha value is -2.96. The Bertz CT molecular complexity index is 976. The van der Waals surface area contributed by atoms with Gasteiger partial charge < -0.3 is 15.5 Å². The number of hydrogen-bond donors (Lipinski definition) is 3. The molecule has 3 rings (SSSR count). The van der Waals surface area contributed by atoms with E-state index in [4.69, 9.17) is 5.10 Å². The highest BCUT2D eigenvalue weighted by molar-refractivity contribution is 5.76. The summed E-state index contributed by atoms with van der Waals surface area (Å²) >= 11 is 0. The first-order valence-electron chi connectivity index (χ1n) is 11.4. The Morgan fingerprint density at radius 3 is 2.38 bits per heavy atom. The zero-order valence-corrected chi connectivity index (χ0v) is 19.8. The van der Waals surface area contributed by atoms with Gasteiger partial charge in [-0.25, -0.2) is 4.68 Å². The second-order valence-electron chi connectivity index (χ2n) is 9.52. The summed E-state index contributed by atoms with van der Waals surface area (Å²) in [6.07, 6.45) is 3.06. The van der Waals surface area contributed by atoms with Crippen molar-refractivity contribution in [3.63, 3.8) is 0 Å². The highest BCUT2D eigenvalue weighted by Gasteiger charge is 2.18. The third-order valence-corrected chi connectivity index (χ3v) is 5.27. The zero-order chi connectivity index (χ0) is 23.0. The summed E-state index contributed by atoms with van der Waals surface area (Å²) in [4.78, 5) is 13.6. The number of nitrogens with two attached hydrogens (primary N) is 1. The van der Waals surface area contributed by atoms with Gasteiger partial charge >= 0.3 is 0 Å². The fourth-order valence-electron chi connectivity index (χ4n) is 3.68. The van der Waals surface area contributed by atoms with E-state index in [0.29, 0.717) is 6.54 Å². The molecule has 32 heavy (non-hydrogen) atoms. The van der Waals surface area contributed by atoms with Crippen LogP contribution in [-0.2, 0) is 11.3 Å². The van der Waals surface area contributed by atoms with Gasteiger partial charge in [-0.15, -0.1) is 0 Å². The molecule has 1 aromatic heterocycles. The van der Waals surface area contributed by atoms with Crippen LogP contribution < -0.4 is 15.5 Å². The Balaban J connectivity index is 1.61. The van der Waals surface area contributed by atoms with E-state index in [9.17, 15) is 4.79 Å². The van der Waals surface area contributed by atoms with Crippen LogP contribution in [0.1, 0.15) is 32.8 Å². The molecule has 0 radical (unpaired) electrons. The summed E-state index contributed by atoms with van der Waals surface area (Å²) in [6.45, 7) is 9.51. The van der Waals surface area contributed by atoms with E-state index in [2.05, 4.69) is 56.8 Å². The van der Waals surface area contributed by atoms with E-state index < -0.39 is 0 Å². The minimum Gasteiger partial charge on any atom is -0.351 e. The number of nitrogens with one attached hydrogen (secondary N) is 2. The minimum atomic E-state index is 0.0926. The van der Waals surface area contributed by atoms with Crippen LogP contribution in [0.3, 0.4) is 0 Å². The Labute approximate surface area is 191 Å². The first-order chi connectivity index (χ1) is 15.3. The number of likely N-dealkylation sites (N-methyl/N-ethyl adjacent to an activating group) is 1. The number of nitrogens with zero attached hydrogens (tertiary/aromatic N) is 2. The highest BCUT2D eigenvalue weighted by atomic mass is 16.2. The van der Waals surface area contributed by atoms with Gasteiger partial charge in [-0.3, -0.25) is 4.79 Å². The molecule has 1 atom stereocenters. The van der Waals surface area contributed by atoms with Crippen molar-refractivity contribution in [1.82, 2.24) is 15.1 Å². The number of hydrogen-bond acceptors (Lipinski definition) is 2. The first kappa shape index (κ1) is 23.7. The lowest BCUT2D eigenvalue weighted by Gasteiger charge is -2.17. The minimum absolute atomic E-state index is 0.0926. The summed E-state index contributed by atoms with van der Waals surface area (Å²) < 4.78 is 1.93. The Kier molecular flexibility index (Phi) is 8.20. The van der Waals surface area contributed by atoms with Crippen LogP contribution in [0.5, 0.6) is 0 Å². The average molecular weight is 436 g/mol. The van der Waals surface area contributed by atoms with Crippen LogP contribution in [0.25, 0.3) is 16.9 Å². The van der Waals surface area contributed by atoms with Crippen molar-refractivity contribution in [3.8, 4) is 16.9 Å². The molecule has 0 spiro atoms. The maximum Gasteiger partial charge on any atom is 0.275 e. The van der Waals surface area contributed by atoms with Crippen LogP contribution in [0.2, 0.25) is 0 Å². The van der Waals surface area contributed by atoms with Crippen molar-refractivity contribution >= 4 is 5.91 Å². The molecule has 1 unspecified atom stereocenters. The number of rotatable bonds is 10. The smallest absolute Gasteiger partial charge is 0.275 e. The van der Waals surface area contributed by atoms with Crippen molar-refractivity contribution in [2.24, 2.45) is 0 Å². The number of carbonyl (C=O) groups is 1. The Morgan fingerprint density at radius 2 is 1.72 bits per heavy atom. The molecule has 0 fully saturated rings. The molecule has 4 N–H and O–H groups in total. The maximum absolute atomic E-state index is 12.4. The molecular weight excluding hydrogens is 398 g/mol. The largest absolute Gasteiger partial charge is 0.351 e. The zero-order valence-electron chi connectivity index (χ0n) is 19.8. The van der Waals surface area contributed by atoms with Gasteiger partial charge in [0, 0.05) is 24.7 Å². The van der Waals surface area contributed by atoms with E-state index in [1.807, 2.05) is 53.2 Å². The number of amides is 1. The normalized spacial score (nSPS) is 12.5. The predicted molar refractivity (Wildman–Crippen MR) is 129 cm³/mol. The van der Waals surface area contributed by atoms with Crippen LogP contribution in [0.15, 0.2) is 66.9 Å². The van der Waals surface area contributed by atoms with E-state index in [1.54, 1.807) is 0 Å². The number of para-hydroxylation sites is 1. The molecule has 6 heteroatoms. The maximum atomic E-state index is 12.4. The van der Waals surface area contributed by atoms with E-state index in [0.717, 1.165) is 53.5 Å². The second kappa shape index (κ2) is 11.1. The monoisotopic (exact) mass is 435 g/mol. The third kappa shape index (κ3) is 7.32. The summed E-state index contributed by atoms with van der Waals surface area (Å²) in [5.41, 5.74) is 4.44. The summed E-state index contributed by atoms with van der Waals surface area (Å²) in [7, 11) is 2.06. The lowest BCUT2D eigenvalue weighted by atomic mass is 10.1. The van der Waals surface area contributed by atoms with E-state index in [-0.39, 0.29) is 11.4 Å². The molecule has 1 heterocycles. The molecule has 0 saturated carbocycles. The van der Waals surface area contributed by atoms with Crippen molar-refractivity contribution in [1.29, 1.82) is 0 Å². The average Bonchev–Trinajstić information content (AvgIpc) is 3.17. The van der Waals surface area contributed by atoms with Crippen LogP contribution >= 0.6 is 0 Å². The fourth-order valence-corrected chi connectivity index (χ4v) is 3.68. The van der Waals surface area contributed by atoms with Crippen molar-refractivity contribution < 1.29 is 15.0 Å². The molecule has 0 aliphatic heterocycles. The van der Waals surface area contributed by atoms with Gasteiger partial charge in [0.05, 0.1) is 30.4 Å². The summed E-state index contributed by atoms with van der Waals surface area (Å²) in [5.74, 6) is 0.0926. The molecule has 170 valence electrons. The molecule has 0 aliphatic rings. The first-order valence-corrected chi connectivity index (χ1v) is 11.4. The number of benzene rings is 2. The van der Waals surface area contributed by atoms with Gasteiger partial charge in [0.1, 0.15) is 12.2 Å². The van der Waals surface area contributed by atoms with Gasteiger partial charge in [0.2, 0.25) is 0 Å². The summed E-state index contributed by atoms with van der Waals surface area (Å²) in [5, 5.41) is 10.2. The van der Waals surface area contributed by atoms with Gasteiger partial charge in [-0.2, -0.15) is 5.10 Å². The van der Waals surface area contributed by atoms with Crippen molar-refractivity contribution in [2.45, 2.75) is 39.3 Å². The molecule has 0 saturated heterocycles. The van der Waals surface area contributed by atoms with Crippen molar-refractivity contribution in [2.75, 3.05) is 26.7 Å². The van der Waals surface area contributed by atoms with Gasteiger partial charge in [-0.1, -0.05) is 48.5 Å². The standard InChI is InChI=1S/C26H35N5O/c1-26(2,3)28-17-11-16-27-24(32)20-30(4)18-22-19-31(23-14-9-6-10-15-23)29-25(22)21-12-7-5-8-13-21/h5-10,12-15,19,28H,11,16-18,20H2,1-4H3,(H,27,32)/p+2. The SMILES string of the molecule is C[NH+](CC(=O)NCCC[NH2+]C(C)(C)C)Cc1cn(-c2ccccc2)nc1-c1ccccc1. The van der Waals surface area contributed by atoms with E-state index >= 15 is 0 Å². The molecule has 3 aromatic rings. The molecular formula is C26H37N5O+2. The quantitative estimate of drug-likeness (QED) is 0.422. The number of carbonyl (C=O) groups excluding carboxylic acids is 1. The lowest BCUT2D eigenvalue weighted by Crippen LogP contribution is -3.08. The topological polar surface area (TPSA) is 68.0 Å². The molecule has 1 amide bonds. The third-order valence-electron chi connectivity index (χ3n) is 5.27. The van der Waals surface area contributed by atoms with Crippen LogP contribution in [0, 0.1) is 0 Å². The van der Waals surface area contributed by atoms with Crippen LogP contribution in [0.4, 0.5) is 0 Å². The Morgan fingerprint density at radius 1 is 1.06 bits per heavy atom. The molecule has 6 nitrogen and oxygen atoms in total. The van der Waals surface area contributed by atoms with Crippen molar-refractivity contribution in [3.05, 3.63) is 72.4 Å². The molecule has 0 bridgehead atoms. The van der Waals surface area contributed by atoms with Crippen LogP contribution in [-0.4, -0.2) is 47.9 Å². The fraction of sp³-hybridized carbons (Fsp3) is 0.385. The number of aromatic nitrogens is 2. The predicted octanol–water partition coefficient (Wildman–Crippen LogP) is 1.42. The lowest BCUT2D eigenvalue weighted by molar-refractivity contribution is -0.885. The van der Waals surface area contributed by atoms with E-state index in [1.165, 1.54) is 0 Å².